The lowest BCUT2D eigenvalue weighted by Crippen LogP contribution is -2.38. The van der Waals surface area contributed by atoms with Crippen LogP contribution >= 0.6 is 47.3 Å². The molecule has 2 rings (SSSR count). The molecule has 0 aliphatic rings. The summed E-state index contributed by atoms with van der Waals surface area (Å²) in [4.78, 5) is 9.72. The largest absolute Gasteiger partial charge is 0.444 e. The lowest BCUT2D eigenvalue weighted by molar-refractivity contribution is 0.464. The van der Waals surface area contributed by atoms with Crippen LogP contribution in [-0.2, 0) is 6.54 Å². The number of aliphatic imine (C=N–C) groups is 1. The molecule has 0 atom stereocenters. The molecule has 5 nitrogen and oxygen atoms in total. The Kier molecular flexibility index (Phi) is 9.53. The van der Waals surface area contributed by atoms with E-state index < -0.39 is 0 Å². The highest BCUT2D eigenvalue weighted by molar-refractivity contribution is 14.0. The Morgan fingerprint density at radius 1 is 1.25 bits per heavy atom. The first-order valence-electron chi connectivity index (χ1n) is 7.34. The fourth-order valence-electron chi connectivity index (χ4n) is 1.86. The lowest BCUT2D eigenvalue weighted by atomic mass is 10.4. The molecule has 0 fully saturated rings. The summed E-state index contributed by atoms with van der Waals surface area (Å²) in [5.41, 5.74) is 0.920. The minimum atomic E-state index is 0. The van der Waals surface area contributed by atoms with E-state index in [1.165, 1.54) is 4.90 Å². The van der Waals surface area contributed by atoms with Crippen molar-refractivity contribution in [1.82, 2.24) is 15.6 Å². The van der Waals surface area contributed by atoms with Gasteiger partial charge in [-0.3, -0.25) is 4.99 Å². The number of guanidine groups is 1. The van der Waals surface area contributed by atoms with Gasteiger partial charge in [-0.1, -0.05) is 11.6 Å². The van der Waals surface area contributed by atoms with Crippen LogP contribution in [0.25, 0.3) is 0 Å². The van der Waals surface area contributed by atoms with E-state index in [4.69, 9.17) is 16.0 Å². The number of aromatic nitrogens is 1. The SMILES string of the molecule is CN=C(NCCSc1ccc(Cl)cc1)NCc1nc(C)c(C)o1.I. The van der Waals surface area contributed by atoms with E-state index in [9.17, 15) is 0 Å². The highest BCUT2D eigenvalue weighted by Crippen LogP contribution is 2.19. The minimum absolute atomic E-state index is 0. The molecular weight excluding hydrogens is 459 g/mol. The fourth-order valence-corrected chi connectivity index (χ4v) is 2.76. The number of benzene rings is 1. The van der Waals surface area contributed by atoms with Gasteiger partial charge >= 0.3 is 0 Å². The van der Waals surface area contributed by atoms with Crippen LogP contribution in [0.4, 0.5) is 0 Å². The third-order valence-electron chi connectivity index (χ3n) is 3.18. The topological polar surface area (TPSA) is 62.5 Å². The number of oxazole rings is 1. The quantitative estimate of drug-likeness (QED) is 0.215. The maximum Gasteiger partial charge on any atom is 0.214 e. The molecule has 1 heterocycles. The molecule has 0 saturated carbocycles. The second kappa shape index (κ2) is 10.8. The van der Waals surface area contributed by atoms with E-state index in [0.717, 1.165) is 34.7 Å². The second-order valence-electron chi connectivity index (χ2n) is 4.90. The van der Waals surface area contributed by atoms with Gasteiger partial charge in [0, 0.05) is 29.3 Å². The summed E-state index contributed by atoms with van der Waals surface area (Å²) >= 11 is 7.64. The van der Waals surface area contributed by atoms with Gasteiger partial charge in [-0.25, -0.2) is 4.98 Å². The van der Waals surface area contributed by atoms with Crippen molar-refractivity contribution in [3.8, 4) is 0 Å². The molecule has 0 aliphatic carbocycles. The monoisotopic (exact) mass is 480 g/mol. The van der Waals surface area contributed by atoms with E-state index in [2.05, 4.69) is 20.6 Å². The van der Waals surface area contributed by atoms with Crippen molar-refractivity contribution >= 4 is 53.3 Å². The van der Waals surface area contributed by atoms with Crippen LogP contribution in [-0.4, -0.2) is 30.3 Å². The number of thioether (sulfide) groups is 1. The maximum absolute atomic E-state index is 5.87. The zero-order chi connectivity index (χ0) is 16.7. The van der Waals surface area contributed by atoms with Crippen LogP contribution in [0, 0.1) is 13.8 Å². The van der Waals surface area contributed by atoms with Gasteiger partial charge < -0.3 is 15.1 Å². The molecule has 0 saturated heterocycles. The van der Waals surface area contributed by atoms with Gasteiger partial charge in [0.05, 0.1) is 12.2 Å². The van der Waals surface area contributed by atoms with E-state index in [1.807, 2.05) is 38.1 Å². The molecule has 24 heavy (non-hydrogen) atoms. The van der Waals surface area contributed by atoms with Gasteiger partial charge in [-0.15, -0.1) is 35.7 Å². The Morgan fingerprint density at radius 2 is 1.96 bits per heavy atom. The summed E-state index contributed by atoms with van der Waals surface area (Å²) < 4.78 is 5.53. The predicted octanol–water partition coefficient (Wildman–Crippen LogP) is 4.02. The van der Waals surface area contributed by atoms with E-state index in [1.54, 1.807) is 18.8 Å². The van der Waals surface area contributed by atoms with Gasteiger partial charge in [0.2, 0.25) is 5.89 Å². The highest BCUT2D eigenvalue weighted by atomic mass is 127. The van der Waals surface area contributed by atoms with Crippen LogP contribution < -0.4 is 10.6 Å². The summed E-state index contributed by atoms with van der Waals surface area (Å²) in [5.74, 6) is 3.18. The minimum Gasteiger partial charge on any atom is -0.444 e. The number of rotatable bonds is 6. The molecule has 0 bridgehead atoms. The van der Waals surface area contributed by atoms with Crippen LogP contribution in [0.3, 0.4) is 0 Å². The van der Waals surface area contributed by atoms with Crippen LogP contribution in [0.2, 0.25) is 5.02 Å². The Labute approximate surface area is 169 Å². The number of hydrogen-bond acceptors (Lipinski definition) is 4. The molecule has 2 N–H and O–H groups in total. The molecule has 0 radical (unpaired) electrons. The molecule has 0 unspecified atom stereocenters. The Hall–Kier alpha value is -0.930. The van der Waals surface area contributed by atoms with Crippen molar-refractivity contribution in [2.75, 3.05) is 19.3 Å². The first kappa shape index (κ1) is 21.1. The first-order chi connectivity index (χ1) is 11.1. The van der Waals surface area contributed by atoms with Crippen molar-refractivity contribution in [1.29, 1.82) is 0 Å². The van der Waals surface area contributed by atoms with E-state index in [-0.39, 0.29) is 24.0 Å². The van der Waals surface area contributed by atoms with E-state index >= 15 is 0 Å². The number of nitrogens with zero attached hydrogens (tertiary/aromatic N) is 2. The van der Waals surface area contributed by atoms with Crippen molar-refractivity contribution in [3.05, 3.63) is 46.6 Å². The number of nitrogens with one attached hydrogen (secondary N) is 2. The third kappa shape index (κ3) is 6.90. The van der Waals surface area contributed by atoms with Crippen molar-refractivity contribution in [3.63, 3.8) is 0 Å². The lowest BCUT2D eigenvalue weighted by Gasteiger charge is -2.10. The molecule has 132 valence electrons. The third-order valence-corrected chi connectivity index (χ3v) is 4.45. The van der Waals surface area contributed by atoms with Crippen LogP contribution in [0.15, 0.2) is 38.6 Å². The highest BCUT2D eigenvalue weighted by Gasteiger charge is 2.06. The molecule has 1 aromatic heterocycles. The predicted molar refractivity (Wildman–Crippen MR) is 112 cm³/mol. The molecule has 0 spiro atoms. The fraction of sp³-hybridized carbons (Fsp3) is 0.375. The maximum atomic E-state index is 5.87. The van der Waals surface area contributed by atoms with Crippen molar-refractivity contribution in [2.24, 2.45) is 4.99 Å². The first-order valence-corrected chi connectivity index (χ1v) is 8.70. The number of aryl methyl sites for hydroxylation is 2. The normalized spacial score (nSPS) is 11.1. The average molecular weight is 481 g/mol. The molecular formula is C16H22ClIN4OS. The number of halogens is 2. The zero-order valence-electron chi connectivity index (χ0n) is 13.9. The molecule has 8 heteroatoms. The van der Waals surface area contributed by atoms with E-state index in [0.29, 0.717) is 12.4 Å². The van der Waals surface area contributed by atoms with Crippen LogP contribution in [0.1, 0.15) is 17.3 Å². The molecule has 0 amide bonds. The Balaban J connectivity index is 0.00000288. The van der Waals surface area contributed by atoms with Gasteiger partial charge in [0.15, 0.2) is 5.96 Å². The average Bonchev–Trinajstić information content (AvgIpc) is 2.87. The standard InChI is InChI=1S/C16H21ClN4OS.HI/c1-11-12(2)22-15(21-11)10-20-16(18-3)19-8-9-23-14-6-4-13(17)5-7-14;/h4-7H,8-10H2,1-3H3,(H2,18,19,20);1H. The molecule has 1 aromatic carbocycles. The Morgan fingerprint density at radius 3 is 2.54 bits per heavy atom. The molecule has 2 aromatic rings. The van der Waals surface area contributed by atoms with Gasteiger partial charge in [-0.2, -0.15) is 0 Å². The van der Waals surface area contributed by atoms with Gasteiger partial charge in [-0.05, 0) is 38.1 Å². The van der Waals surface area contributed by atoms with Crippen molar-refractivity contribution in [2.45, 2.75) is 25.3 Å². The molecule has 0 aliphatic heterocycles. The summed E-state index contributed by atoms with van der Waals surface area (Å²) in [5, 5.41) is 7.21. The summed E-state index contributed by atoms with van der Waals surface area (Å²) in [7, 11) is 1.74. The summed E-state index contributed by atoms with van der Waals surface area (Å²) in [6.45, 7) is 5.16. The Bertz CT molecular complexity index is 641. The van der Waals surface area contributed by atoms with Crippen LogP contribution in [0.5, 0.6) is 0 Å². The van der Waals surface area contributed by atoms with Gasteiger partial charge in [0.1, 0.15) is 5.76 Å². The summed E-state index contributed by atoms with van der Waals surface area (Å²) in [6.07, 6.45) is 0. The van der Waals surface area contributed by atoms with Gasteiger partial charge in [0.25, 0.3) is 0 Å². The number of hydrogen-bond donors (Lipinski definition) is 2. The zero-order valence-corrected chi connectivity index (χ0v) is 17.8. The van der Waals surface area contributed by atoms with Crippen molar-refractivity contribution < 1.29 is 4.42 Å². The second-order valence-corrected chi connectivity index (χ2v) is 6.51. The smallest absolute Gasteiger partial charge is 0.214 e. The summed E-state index contributed by atoms with van der Waals surface area (Å²) in [6, 6.07) is 7.84.